The number of nitrogens with zero attached hydrogens (tertiary/aromatic N) is 1. The number of carbonyl (C=O) groups is 2. The molecule has 1 atom stereocenters. The summed E-state index contributed by atoms with van der Waals surface area (Å²) in [6.45, 7) is 3.06. The summed E-state index contributed by atoms with van der Waals surface area (Å²) in [5.74, 6) is 0.519. The topological polar surface area (TPSA) is 49.4 Å². The van der Waals surface area contributed by atoms with E-state index in [9.17, 15) is 9.59 Å². The molecule has 1 heterocycles. The lowest BCUT2D eigenvalue weighted by molar-refractivity contribution is -0.130. The number of piperidine rings is 1. The van der Waals surface area contributed by atoms with Crippen LogP contribution in [0.5, 0.6) is 0 Å². The van der Waals surface area contributed by atoms with Crippen LogP contribution in [0.2, 0.25) is 5.02 Å². The zero-order chi connectivity index (χ0) is 17.8. The fourth-order valence-electron chi connectivity index (χ4n) is 4.26. The van der Waals surface area contributed by atoms with E-state index >= 15 is 0 Å². The van der Waals surface area contributed by atoms with Crippen molar-refractivity contribution in [1.29, 1.82) is 0 Å². The molecule has 1 N–H and O–H groups in total. The minimum absolute atomic E-state index is 0.118. The molecule has 0 unspecified atom stereocenters. The first kappa shape index (κ1) is 18.2. The Labute approximate surface area is 154 Å². The Hall–Kier alpha value is -1.55. The summed E-state index contributed by atoms with van der Waals surface area (Å²) in [7, 11) is 0. The van der Waals surface area contributed by atoms with Gasteiger partial charge in [0.15, 0.2) is 0 Å². The Kier molecular flexibility index (Phi) is 6.00. The van der Waals surface area contributed by atoms with Crippen LogP contribution in [0.15, 0.2) is 24.3 Å². The summed E-state index contributed by atoms with van der Waals surface area (Å²) >= 11 is 6.17. The highest BCUT2D eigenvalue weighted by Crippen LogP contribution is 2.38. The molecule has 136 valence electrons. The fraction of sp³-hybridized carbons (Fsp3) is 0.600. The van der Waals surface area contributed by atoms with Gasteiger partial charge in [0, 0.05) is 31.1 Å². The zero-order valence-electron chi connectivity index (χ0n) is 14.8. The van der Waals surface area contributed by atoms with Crippen molar-refractivity contribution in [2.75, 3.05) is 13.1 Å². The molecule has 2 aliphatic rings. The highest BCUT2D eigenvalue weighted by Gasteiger charge is 2.33. The molecule has 2 fully saturated rings. The van der Waals surface area contributed by atoms with E-state index in [2.05, 4.69) is 5.32 Å². The Morgan fingerprint density at radius 2 is 1.84 bits per heavy atom. The lowest BCUT2D eigenvalue weighted by Gasteiger charge is -2.33. The average molecular weight is 363 g/mol. The molecular weight excluding hydrogens is 336 g/mol. The van der Waals surface area contributed by atoms with Crippen molar-refractivity contribution >= 4 is 23.4 Å². The van der Waals surface area contributed by atoms with E-state index in [4.69, 9.17) is 11.6 Å². The molecule has 5 heteroatoms. The van der Waals surface area contributed by atoms with Crippen molar-refractivity contribution in [3.63, 3.8) is 0 Å². The monoisotopic (exact) mass is 362 g/mol. The van der Waals surface area contributed by atoms with Gasteiger partial charge in [-0.25, -0.2) is 0 Å². The maximum atomic E-state index is 13.1. The van der Waals surface area contributed by atoms with Crippen molar-refractivity contribution in [3.8, 4) is 0 Å². The van der Waals surface area contributed by atoms with E-state index in [1.165, 1.54) is 12.8 Å². The number of nitrogens with one attached hydrogen (secondary N) is 1. The van der Waals surface area contributed by atoms with Crippen LogP contribution in [0.25, 0.3) is 0 Å². The largest absolute Gasteiger partial charge is 0.353 e. The Bertz CT molecular complexity index is 620. The smallest absolute Gasteiger partial charge is 0.228 e. The first-order valence-electron chi connectivity index (χ1n) is 9.36. The zero-order valence-corrected chi connectivity index (χ0v) is 15.6. The van der Waals surface area contributed by atoms with Gasteiger partial charge in [-0.15, -0.1) is 0 Å². The number of rotatable bonds is 4. The minimum Gasteiger partial charge on any atom is -0.353 e. The molecule has 1 aromatic rings. The van der Waals surface area contributed by atoms with E-state index in [-0.39, 0.29) is 23.8 Å². The average Bonchev–Trinajstić information content (AvgIpc) is 3.09. The molecule has 0 spiro atoms. The second kappa shape index (κ2) is 8.22. The van der Waals surface area contributed by atoms with Gasteiger partial charge in [0.05, 0.1) is 5.92 Å². The summed E-state index contributed by atoms with van der Waals surface area (Å²) in [4.78, 5) is 26.4. The van der Waals surface area contributed by atoms with Crippen LogP contribution in [0.1, 0.15) is 56.9 Å². The van der Waals surface area contributed by atoms with Crippen molar-refractivity contribution in [3.05, 3.63) is 34.9 Å². The van der Waals surface area contributed by atoms with Gasteiger partial charge >= 0.3 is 0 Å². The Morgan fingerprint density at radius 1 is 1.16 bits per heavy atom. The van der Waals surface area contributed by atoms with E-state index in [0.29, 0.717) is 10.9 Å². The van der Waals surface area contributed by atoms with Crippen LogP contribution >= 0.6 is 11.6 Å². The maximum absolute atomic E-state index is 13.1. The number of carbonyl (C=O) groups excluding carboxylic acids is 2. The molecule has 1 aromatic carbocycles. The molecule has 0 bridgehead atoms. The predicted molar refractivity (Wildman–Crippen MR) is 99.6 cm³/mol. The molecule has 3 rings (SSSR count). The summed E-state index contributed by atoms with van der Waals surface area (Å²) in [5.41, 5.74) is 1.03. The summed E-state index contributed by atoms with van der Waals surface area (Å²) in [5, 5.41) is 3.94. The fourth-order valence-corrected chi connectivity index (χ4v) is 4.46. The number of halogens is 1. The van der Waals surface area contributed by atoms with Crippen molar-refractivity contribution in [1.82, 2.24) is 10.2 Å². The molecule has 1 aliphatic heterocycles. The molecule has 25 heavy (non-hydrogen) atoms. The predicted octanol–water partition coefficient (Wildman–Crippen LogP) is 3.74. The lowest BCUT2D eigenvalue weighted by Crippen LogP contribution is -2.47. The van der Waals surface area contributed by atoms with E-state index in [1.54, 1.807) is 6.92 Å². The third kappa shape index (κ3) is 4.55. The number of likely N-dealkylation sites (tertiary alicyclic amines) is 1. The summed E-state index contributed by atoms with van der Waals surface area (Å²) < 4.78 is 0. The van der Waals surface area contributed by atoms with Crippen molar-refractivity contribution < 1.29 is 9.59 Å². The van der Waals surface area contributed by atoms with Crippen molar-refractivity contribution in [2.24, 2.45) is 5.92 Å². The molecule has 4 nitrogen and oxygen atoms in total. The molecule has 0 radical (unpaired) electrons. The first-order valence-corrected chi connectivity index (χ1v) is 9.73. The van der Waals surface area contributed by atoms with Crippen LogP contribution < -0.4 is 5.32 Å². The Balaban J connectivity index is 1.68. The maximum Gasteiger partial charge on any atom is 0.228 e. The van der Waals surface area contributed by atoms with Crippen LogP contribution in [-0.4, -0.2) is 35.8 Å². The van der Waals surface area contributed by atoms with E-state index < -0.39 is 0 Å². The Morgan fingerprint density at radius 3 is 2.44 bits per heavy atom. The highest BCUT2D eigenvalue weighted by molar-refractivity contribution is 6.30. The van der Waals surface area contributed by atoms with Crippen LogP contribution in [0.4, 0.5) is 0 Å². The lowest BCUT2D eigenvalue weighted by atomic mass is 9.83. The van der Waals surface area contributed by atoms with Gasteiger partial charge in [-0.05, 0) is 49.3 Å². The van der Waals surface area contributed by atoms with Gasteiger partial charge in [-0.3, -0.25) is 9.59 Å². The third-order valence-electron chi connectivity index (χ3n) is 5.65. The van der Waals surface area contributed by atoms with Crippen LogP contribution in [0.3, 0.4) is 0 Å². The third-order valence-corrected chi connectivity index (χ3v) is 5.88. The van der Waals surface area contributed by atoms with Crippen LogP contribution in [-0.2, 0) is 9.59 Å². The molecule has 1 saturated carbocycles. The second-order valence-corrected chi connectivity index (χ2v) is 7.80. The normalized spacial score (nSPS) is 20.5. The number of benzene rings is 1. The van der Waals surface area contributed by atoms with Crippen LogP contribution in [0, 0.1) is 5.92 Å². The first-order chi connectivity index (χ1) is 12.0. The van der Waals surface area contributed by atoms with Gasteiger partial charge in [0.2, 0.25) is 11.8 Å². The standard InChI is InChI=1S/C20H27ClN2O2/c1-14(24)23-11-9-18(10-12-23)22-20(25)19(15-5-2-3-6-15)16-7-4-8-17(21)13-16/h4,7-8,13,15,18-19H,2-3,5-6,9-12H2,1H3,(H,22,25)/t19-/m0/s1. The quantitative estimate of drug-likeness (QED) is 0.886. The minimum atomic E-state index is -0.118. The van der Waals surface area contributed by atoms with Gasteiger partial charge in [-0.2, -0.15) is 0 Å². The molecule has 0 aromatic heterocycles. The molecule has 1 saturated heterocycles. The van der Waals surface area contributed by atoms with Gasteiger partial charge < -0.3 is 10.2 Å². The number of hydrogen-bond donors (Lipinski definition) is 1. The van der Waals surface area contributed by atoms with Gasteiger partial charge in [0.1, 0.15) is 0 Å². The van der Waals surface area contributed by atoms with E-state index in [1.807, 2.05) is 29.2 Å². The SMILES string of the molecule is CC(=O)N1CCC(NC(=O)[C@H](c2cccc(Cl)c2)C2CCCC2)CC1. The van der Waals surface area contributed by atoms with Gasteiger partial charge in [0.25, 0.3) is 0 Å². The second-order valence-electron chi connectivity index (χ2n) is 7.37. The summed E-state index contributed by atoms with van der Waals surface area (Å²) in [6.07, 6.45) is 6.27. The number of amides is 2. The number of hydrogen-bond acceptors (Lipinski definition) is 2. The van der Waals surface area contributed by atoms with E-state index in [0.717, 1.165) is 44.3 Å². The molecule has 1 aliphatic carbocycles. The molecule has 2 amide bonds. The molecular formula is C20H27ClN2O2. The summed E-state index contributed by atoms with van der Waals surface area (Å²) in [6, 6.07) is 7.89. The highest BCUT2D eigenvalue weighted by atomic mass is 35.5. The van der Waals surface area contributed by atoms with Crippen molar-refractivity contribution in [2.45, 2.75) is 57.4 Å². The van der Waals surface area contributed by atoms with Gasteiger partial charge in [-0.1, -0.05) is 36.6 Å².